The number of hydrogen-bond acceptors (Lipinski definition) is 2. The van der Waals surface area contributed by atoms with E-state index in [2.05, 4.69) is 74.4 Å². The maximum absolute atomic E-state index is 4.49. The summed E-state index contributed by atoms with van der Waals surface area (Å²) in [5.74, 6) is 2.26. The molecule has 2 heteroatoms. The highest BCUT2D eigenvalue weighted by Crippen LogP contribution is 2.17. The molecule has 0 aliphatic rings. The number of rotatable bonds is 6. The smallest absolute Gasteiger partial charge is 0.130 e. The van der Waals surface area contributed by atoms with Gasteiger partial charge in [0.1, 0.15) is 5.82 Å². The van der Waals surface area contributed by atoms with Crippen molar-refractivity contribution in [3.05, 3.63) is 53.7 Å². The van der Waals surface area contributed by atoms with Crippen LogP contribution in [0.15, 0.2) is 42.6 Å². The Morgan fingerprint density at radius 1 is 0.810 bits per heavy atom. The summed E-state index contributed by atoms with van der Waals surface area (Å²) >= 11 is 0. The van der Waals surface area contributed by atoms with Crippen LogP contribution in [0.1, 0.15) is 38.8 Å². The average Bonchev–Trinajstić information content (AvgIpc) is 2.42. The van der Waals surface area contributed by atoms with Crippen LogP contribution in [0.3, 0.4) is 0 Å². The molecular formula is C19H26N2. The first-order valence-corrected chi connectivity index (χ1v) is 7.84. The Labute approximate surface area is 128 Å². The molecule has 0 bridgehead atoms. The zero-order chi connectivity index (χ0) is 15.2. The first kappa shape index (κ1) is 15.6. The summed E-state index contributed by atoms with van der Waals surface area (Å²) in [5.41, 5.74) is 3.77. The summed E-state index contributed by atoms with van der Waals surface area (Å²) in [6.07, 6.45) is 4.18. The second kappa shape index (κ2) is 7.26. The Bertz CT molecular complexity index is 487. The molecule has 1 aromatic carbocycles. The van der Waals surface area contributed by atoms with Crippen LogP contribution < -0.4 is 5.32 Å². The Hall–Kier alpha value is -1.83. The van der Waals surface area contributed by atoms with Gasteiger partial charge in [0.15, 0.2) is 0 Å². The van der Waals surface area contributed by atoms with Gasteiger partial charge in [0.05, 0.1) is 0 Å². The molecule has 0 atom stereocenters. The van der Waals surface area contributed by atoms with Crippen molar-refractivity contribution >= 4 is 11.5 Å². The van der Waals surface area contributed by atoms with Crippen molar-refractivity contribution in [2.75, 3.05) is 5.32 Å². The normalized spacial score (nSPS) is 11.1. The third-order valence-corrected chi connectivity index (χ3v) is 3.34. The summed E-state index contributed by atoms with van der Waals surface area (Å²) in [7, 11) is 0. The standard InChI is InChI=1S/C19H26N2/c1-14(2)11-16-5-8-18(9-6-16)21-19-10-7-17(13-20-19)12-15(3)4/h5-10,13-15H,11-12H2,1-4H3,(H,20,21). The van der Waals surface area contributed by atoms with Crippen molar-refractivity contribution in [1.29, 1.82) is 0 Å². The van der Waals surface area contributed by atoms with Crippen molar-refractivity contribution in [2.24, 2.45) is 11.8 Å². The molecule has 2 nitrogen and oxygen atoms in total. The molecule has 0 saturated carbocycles. The van der Waals surface area contributed by atoms with Gasteiger partial charge in [-0.1, -0.05) is 45.9 Å². The number of hydrogen-bond donors (Lipinski definition) is 1. The van der Waals surface area contributed by atoms with Gasteiger partial charge in [-0.05, 0) is 54.0 Å². The lowest BCUT2D eigenvalue weighted by Crippen LogP contribution is -1.98. The zero-order valence-electron chi connectivity index (χ0n) is 13.6. The van der Waals surface area contributed by atoms with Gasteiger partial charge in [-0.15, -0.1) is 0 Å². The van der Waals surface area contributed by atoms with E-state index in [0.717, 1.165) is 24.3 Å². The highest BCUT2D eigenvalue weighted by Gasteiger charge is 2.01. The molecule has 2 aromatic rings. The molecule has 2 rings (SSSR count). The van der Waals surface area contributed by atoms with Crippen LogP contribution in [0.25, 0.3) is 0 Å². The van der Waals surface area contributed by atoms with Gasteiger partial charge in [-0.25, -0.2) is 4.98 Å². The van der Waals surface area contributed by atoms with E-state index in [1.807, 2.05) is 6.20 Å². The topological polar surface area (TPSA) is 24.9 Å². The number of nitrogens with one attached hydrogen (secondary N) is 1. The van der Waals surface area contributed by atoms with Gasteiger partial charge in [0.25, 0.3) is 0 Å². The number of aromatic nitrogens is 1. The predicted octanol–water partition coefficient (Wildman–Crippen LogP) is 5.22. The maximum atomic E-state index is 4.49. The van der Waals surface area contributed by atoms with Gasteiger partial charge in [0.2, 0.25) is 0 Å². The fraction of sp³-hybridized carbons (Fsp3) is 0.421. The van der Waals surface area contributed by atoms with Crippen LogP contribution in [0.5, 0.6) is 0 Å². The van der Waals surface area contributed by atoms with Crippen molar-refractivity contribution in [3.8, 4) is 0 Å². The van der Waals surface area contributed by atoms with Crippen LogP contribution in [0.4, 0.5) is 11.5 Å². The van der Waals surface area contributed by atoms with E-state index in [1.54, 1.807) is 0 Å². The minimum atomic E-state index is 0.666. The van der Waals surface area contributed by atoms with Crippen LogP contribution in [-0.4, -0.2) is 4.98 Å². The Balaban J connectivity index is 1.97. The number of benzene rings is 1. The molecule has 1 N–H and O–H groups in total. The first-order valence-electron chi connectivity index (χ1n) is 7.84. The molecule has 1 heterocycles. The molecule has 0 spiro atoms. The Morgan fingerprint density at radius 2 is 1.38 bits per heavy atom. The lowest BCUT2D eigenvalue weighted by molar-refractivity contribution is 0.646. The molecule has 0 saturated heterocycles. The van der Waals surface area contributed by atoms with Crippen LogP contribution in [0.2, 0.25) is 0 Å². The molecule has 0 aliphatic heterocycles. The van der Waals surface area contributed by atoms with E-state index < -0.39 is 0 Å². The zero-order valence-corrected chi connectivity index (χ0v) is 13.6. The fourth-order valence-corrected chi connectivity index (χ4v) is 2.43. The number of nitrogens with zero attached hydrogens (tertiary/aromatic N) is 1. The van der Waals surface area contributed by atoms with Crippen LogP contribution >= 0.6 is 0 Å². The first-order chi connectivity index (χ1) is 10.0. The molecule has 1 aromatic heterocycles. The summed E-state index contributed by atoms with van der Waals surface area (Å²) in [4.78, 5) is 4.49. The summed E-state index contributed by atoms with van der Waals surface area (Å²) < 4.78 is 0. The van der Waals surface area contributed by atoms with Crippen LogP contribution in [0, 0.1) is 11.8 Å². The van der Waals surface area contributed by atoms with E-state index in [9.17, 15) is 0 Å². The van der Waals surface area contributed by atoms with Gasteiger partial charge < -0.3 is 5.32 Å². The van der Waals surface area contributed by atoms with E-state index in [4.69, 9.17) is 0 Å². The molecule has 0 aliphatic carbocycles. The summed E-state index contributed by atoms with van der Waals surface area (Å²) in [6.45, 7) is 8.94. The fourth-order valence-electron chi connectivity index (χ4n) is 2.43. The summed E-state index contributed by atoms with van der Waals surface area (Å²) in [6, 6.07) is 12.8. The molecule has 0 radical (unpaired) electrons. The molecule has 0 unspecified atom stereocenters. The minimum absolute atomic E-state index is 0.666. The Morgan fingerprint density at radius 3 is 1.90 bits per heavy atom. The second-order valence-corrected chi connectivity index (χ2v) is 6.57. The van der Waals surface area contributed by atoms with Gasteiger partial charge >= 0.3 is 0 Å². The van der Waals surface area contributed by atoms with Crippen LogP contribution in [-0.2, 0) is 12.8 Å². The third kappa shape index (κ3) is 5.22. The lowest BCUT2D eigenvalue weighted by atomic mass is 10.0. The minimum Gasteiger partial charge on any atom is -0.340 e. The SMILES string of the molecule is CC(C)Cc1ccc(Nc2ccc(CC(C)C)cn2)cc1. The molecular weight excluding hydrogens is 256 g/mol. The third-order valence-electron chi connectivity index (χ3n) is 3.34. The van der Waals surface area contributed by atoms with Gasteiger partial charge in [-0.2, -0.15) is 0 Å². The van der Waals surface area contributed by atoms with Crippen molar-refractivity contribution in [2.45, 2.75) is 40.5 Å². The van der Waals surface area contributed by atoms with E-state index in [1.165, 1.54) is 11.1 Å². The van der Waals surface area contributed by atoms with E-state index in [0.29, 0.717) is 11.8 Å². The highest BCUT2D eigenvalue weighted by molar-refractivity contribution is 5.56. The Kier molecular flexibility index (Phi) is 5.38. The molecule has 21 heavy (non-hydrogen) atoms. The summed E-state index contributed by atoms with van der Waals surface area (Å²) in [5, 5.41) is 3.35. The lowest BCUT2D eigenvalue weighted by Gasteiger charge is -2.09. The monoisotopic (exact) mass is 282 g/mol. The quantitative estimate of drug-likeness (QED) is 0.785. The molecule has 0 amide bonds. The number of pyridine rings is 1. The van der Waals surface area contributed by atoms with Crippen molar-refractivity contribution in [3.63, 3.8) is 0 Å². The van der Waals surface area contributed by atoms with Gasteiger partial charge in [-0.3, -0.25) is 0 Å². The second-order valence-electron chi connectivity index (χ2n) is 6.57. The maximum Gasteiger partial charge on any atom is 0.130 e. The van der Waals surface area contributed by atoms with Crippen molar-refractivity contribution < 1.29 is 0 Å². The average molecular weight is 282 g/mol. The number of anilines is 2. The van der Waals surface area contributed by atoms with E-state index >= 15 is 0 Å². The largest absolute Gasteiger partial charge is 0.340 e. The van der Waals surface area contributed by atoms with E-state index in [-0.39, 0.29) is 0 Å². The molecule has 112 valence electrons. The highest BCUT2D eigenvalue weighted by atomic mass is 15.0. The predicted molar refractivity (Wildman–Crippen MR) is 91.0 cm³/mol. The molecule has 0 fully saturated rings. The van der Waals surface area contributed by atoms with Crippen molar-refractivity contribution in [1.82, 2.24) is 4.98 Å². The van der Waals surface area contributed by atoms with Gasteiger partial charge in [0, 0.05) is 11.9 Å².